The summed E-state index contributed by atoms with van der Waals surface area (Å²) in [5.74, 6) is -1.38. The van der Waals surface area contributed by atoms with E-state index in [1.165, 1.54) is 6.21 Å². The van der Waals surface area contributed by atoms with Crippen LogP contribution in [0.15, 0.2) is 46.0 Å². The minimum atomic E-state index is -0.853. The minimum Gasteiger partial charge on any atom is -0.484 e. The van der Waals surface area contributed by atoms with Crippen LogP contribution in [0.25, 0.3) is 0 Å². The van der Waals surface area contributed by atoms with E-state index in [1.807, 2.05) is 39.8 Å². The zero-order valence-electron chi connectivity index (χ0n) is 20.3. The Balaban J connectivity index is 1.73. The Morgan fingerprint density at radius 2 is 1.71 bits per heavy atom. The van der Waals surface area contributed by atoms with Gasteiger partial charge in [0.15, 0.2) is 6.61 Å². The van der Waals surface area contributed by atoms with E-state index in [4.69, 9.17) is 9.47 Å². The van der Waals surface area contributed by atoms with Gasteiger partial charge in [0.1, 0.15) is 5.75 Å². The number of anilines is 1. The van der Waals surface area contributed by atoms with Gasteiger partial charge in [0.05, 0.1) is 12.3 Å². The molecule has 0 aliphatic rings. The standard InChI is InChI=1S/C25H31BrN4O5/c1-16(2)34-11-5-10-27-24(32)25(33)30-28-14-19-6-8-21(9-7-19)35-15-22(31)29-23-17(3)12-20(26)13-18(23)4/h6-9,12-14,16H,5,10-11,15H2,1-4H3,(H,27,32)(H,29,31)(H,30,33)/b28-14-. The van der Waals surface area contributed by atoms with Crippen molar-refractivity contribution in [1.29, 1.82) is 0 Å². The lowest BCUT2D eigenvalue weighted by atomic mass is 10.1. The van der Waals surface area contributed by atoms with Gasteiger partial charge in [-0.2, -0.15) is 5.10 Å². The molecule has 0 aromatic heterocycles. The summed E-state index contributed by atoms with van der Waals surface area (Å²) in [5, 5.41) is 9.16. The van der Waals surface area contributed by atoms with Crippen molar-refractivity contribution in [2.45, 2.75) is 40.2 Å². The van der Waals surface area contributed by atoms with Gasteiger partial charge in [-0.3, -0.25) is 14.4 Å². The predicted molar refractivity (Wildman–Crippen MR) is 139 cm³/mol. The molecule has 2 aromatic carbocycles. The molecule has 0 saturated carbocycles. The maximum absolute atomic E-state index is 12.3. The minimum absolute atomic E-state index is 0.125. The molecule has 0 aliphatic carbocycles. The summed E-state index contributed by atoms with van der Waals surface area (Å²) in [6, 6.07) is 10.6. The highest BCUT2D eigenvalue weighted by molar-refractivity contribution is 9.10. The number of nitrogens with zero attached hydrogens (tertiary/aromatic N) is 1. The van der Waals surface area contributed by atoms with Gasteiger partial charge in [0.2, 0.25) is 0 Å². The fraction of sp³-hybridized carbons (Fsp3) is 0.360. The van der Waals surface area contributed by atoms with Gasteiger partial charge in [0, 0.05) is 23.3 Å². The molecule has 0 unspecified atom stereocenters. The van der Waals surface area contributed by atoms with E-state index >= 15 is 0 Å². The molecule has 9 nitrogen and oxygen atoms in total. The number of carbonyl (C=O) groups is 3. The Bertz CT molecular complexity index is 1030. The number of carbonyl (C=O) groups excluding carboxylic acids is 3. The quantitative estimate of drug-likeness (QED) is 0.172. The Morgan fingerprint density at radius 3 is 2.34 bits per heavy atom. The van der Waals surface area contributed by atoms with Crippen LogP contribution in [-0.4, -0.2) is 49.8 Å². The van der Waals surface area contributed by atoms with E-state index in [-0.39, 0.29) is 18.6 Å². The lowest BCUT2D eigenvalue weighted by molar-refractivity contribution is -0.139. The molecule has 0 spiro atoms. The van der Waals surface area contributed by atoms with Crippen molar-refractivity contribution in [3.63, 3.8) is 0 Å². The first-order valence-corrected chi connectivity index (χ1v) is 12.0. The zero-order valence-corrected chi connectivity index (χ0v) is 21.9. The molecule has 10 heteroatoms. The van der Waals surface area contributed by atoms with E-state index in [0.29, 0.717) is 30.9 Å². The summed E-state index contributed by atoms with van der Waals surface area (Å²) in [6.07, 6.45) is 2.14. The second kappa shape index (κ2) is 14.2. The van der Waals surface area contributed by atoms with E-state index in [2.05, 4.69) is 37.1 Å². The number of hydrogen-bond donors (Lipinski definition) is 3. The van der Waals surface area contributed by atoms with Crippen LogP contribution in [0.4, 0.5) is 5.69 Å². The maximum atomic E-state index is 12.3. The van der Waals surface area contributed by atoms with Crippen molar-refractivity contribution in [1.82, 2.24) is 10.7 Å². The Hall–Kier alpha value is -3.24. The third-order valence-electron chi connectivity index (χ3n) is 4.66. The van der Waals surface area contributed by atoms with Crippen LogP contribution in [0.1, 0.15) is 37.0 Å². The maximum Gasteiger partial charge on any atom is 0.329 e. The fourth-order valence-corrected chi connectivity index (χ4v) is 3.66. The van der Waals surface area contributed by atoms with Crippen molar-refractivity contribution in [2.75, 3.05) is 25.1 Å². The van der Waals surface area contributed by atoms with E-state index in [0.717, 1.165) is 21.3 Å². The van der Waals surface area contributed by atoms with E-state index in [1.54, 1.807) is 24.3 Å². The molecule has 0 bridgehead atoms. The molecular formula is C25H31BrN4O5. The fourth-order valence-electron chi connectivity index (χ4n) is 2.97. The lowest BCUT2D eigenvalue weighted by Gasteiger charge is -2.13. The zero-order chi connectivity index (χ0) is 25.8. The summed E-state index contributed by atoms with van der Waals surface area (Å²) < 4.78 is 11.9. The first kappa shape index (κ1) is 28.0. The first-order chi connectivity index (χ1) is 16.7. The Morgan fingerprint density at radius 1 is 1.06 bits per heavy atom. The second-order valence-corrected chi connectivity index (χ2v) is 8.96. The molecule has 0 heterocycles. The van der Waals surface area contributed by atoms with Gasteiger partial charge >= 0.3 is 11.8 Å². The summed E-state index contributed by atoms with van der Waals surface area (Å²) in [4.78, 5) is 35.8. The van der Waals surface area contributed by atoms with E-state index in [9.17, 15) is 14.4 Å². The number of aryl methyl sites for hydroxylation is 2. The number of amides is 3. The highest BCUT2D eigenvalue weighted by Crippen LogP contribution is 2.25. The molecule has 0 radical (unpaired) electrons. The second-order valence-electron chi connectivity index (χ2n) is 8.05. The largest absolute Gasteiger partial charge is 0.484 e. The Labute approximate surface area is 213 Å². The highest BCUT2D eigenvalue weighted by atomic mass is 79.9. The molecule has 0 aliphatic heterocycles. The average Bonchev–Trinajstić information content (AvgIpc) is 2.80. The predicted octanol–water partition coefficient (Wildman–Crippen LogP) is 3.46. The number of nitrogens with one attached hydrogen (secondary N) is 3. The van der Waals surface area contributed by atoms with Crippen molar-refractivity contribution in [3.05, 3.63) is 57.6 Å². The van der Waals surface area contributed by atoms with Crippen molar-refractivity contribution in [3.8, 4) is 5.75 Å². The van der Waals surface area contributed by atoms with Gasteiger partial charge in [-0.25, -0.2) is 5.43 Å². The van der Waals surface area contributed by atoms with Crippen LogP contribution < -0.4 is 20.8 Å². The van der Waals surface area contributed by atoms with Crippen LogP contribution >= 0.6 is 15.9 Å². The smallest absolute Gasteiger partial charge is 0.329 e. The van der Waals surface area contributed by atoms with Crippen LogP contribution in [0, 0.1) is 13.8 Å². The number of halogens is 1. The van der Waals surface area contributed by atoms with Gasteiger partial charge in [-0.05, 0) is 87.2 Å². The van der Waals surface area contributed by atoms with Crippen LogP contribution in [0.5, 0.6) is 5.75 Å². The van der Waals surface area contributed by atoms with Gasteiger partial charge in [-0.15, -0.1) is 0 Å². The monoisotopic (exact) mass is 546 g/mol. The summed E-state index contributed by atoms with van der Waals surface area (Å²) in [6.45, 7) is 8.41. The molecule has 0 atom stereocenters. The molecule has 3 amide bonds. The molecule has 3 N–H and O–H groups in total. The molecule has 188 valence electrons. The van der Waals surface area contributed by atoms with Crippen molar-refractivity contribution >= 4 is 45.6 Å². The van der Waals surface area contributed by atoms with Gasteiger partial charge in [-0.1, -0.05) is 15.9 Å². The highest BCUT2D eigenvalue weighted by Gasteiger charge is 2.12. The third-order valence-corrected chi connectivity index (χ3v) is 5.11. The SMILES string of the molecule is Cc1cc(Br)cc(C)c1NC(=O)COc1ccc(/C=N\NC(=O)C(=O)NCCCOC(C)C)cc1. The summed E-state index contributed by atoms with van der Waals surface area (Å²) in [5.41, 5.74) is 5.53. The summed E-state index contributed by atoms with van der Waals surface area (Å²) >= 11 is 3.44. The molecular weight excluding hydrogens is 516 g/mol. The average molecular weight is 547 g/mol. The number of ether oxygens (including phenoxy) is 2. The molecule has 0 saturated heterocycles. The molecule has 2 aromatic rings. The van der Waals surface area contributed by atoms with Gasteiger partial charge in [0.25, 0.3) is 5.91 Å². The normalized spacial score (nSPS) is 10.9. The molecule has 35 heavy (non-hydrogen) atoms. The summed E-state index contributed by atoms with van der Waals surface area (Å²) in [7, 11) is 0. The van der Waals surface area contributed by atoms with Crippen LogP contribution in [0.2, 0.25) is 0 Å². The van der Waals surface area contributed by atoms with Crippen molar-refractivity contribution in [2.24, 2.45) is 5.10 Å². The van der Waals surface area contributed by atoms with Crippen LogP contribution in [-0.2, 0) is 19.1 Å². The number of hydrogen-bond acceptors (Lipinski definition) is 6. The third kappa shape index (κ3) is 10.3. The van der Waals surface area contributed by atoms with E-state index < -0.39 is 11.8 Å². The topological polar surface area (TPSA) is 118 Å². The first-order valence-electron chi connectivity index (χ1n) is 11.2. The van der Waals surface area contributed by atoms with Crippen LogP contribution in [0.3, 0.4) is 0 Å². The lowest BCUT2D eigenvalue weighted by Crippen LogP contribution is -2.38. The Kier molecular flexibility index (Phi) is 11.4. The number of benzene rings is 2. The molecule has 0 fully saturated rings. The number of rotatable bonds is 11. The van der Waals surface area contributed by atoms with Crippen molar-refractivity contribution < 1.29 is 23.9 Å². The van der Waals surface area contributed by atoms with Gasteiger partial charge < -0.3 is 20.1 Å². The molecule has 2 rings (SSSR count). The number of hydrazone groups is 1.